The van der Waals surface area contributed by atoms with Crippen LogP contribution in [0.15, 0.2) is 43.0 Å². The van der Waals surface area contributed by atoms with E-state index in [4.69, 9.17) is 4.74 Å². The number of esters is 1. The molecule has 1 atom stereocenters. The molecule has 0 aromatic heterocycles. The van der Waals surface area contributed by atoms with Crippen molar-refractivity contribution in [1.29, 1.82) is 5.26 Å². The van der Waals surface area contributed by atoms with Crippen molar-refractivity contribution in [3.05, 3.63) is 48.6 Å². The van der Waals surface area contributed by atoms with Crippen LogP contribution in [0.3, 0.4) is 0 Å². The molecule has 20 heavy (non-hydrogen) atoms. The van der Waals surface area contributed by atoms with Crippen LogP contribution in [0.25, 0.3) is 0 Å². The summed E-state index contributed by atoms with van der Waals surface area (Å²) in [4.78, 5) is 12.4. The van der Waals surface area contributed by atoms with Gasteiger partial charge in [0, 0.05) is 6.42 Å². The maximum absolute atomic E-state index is 12.4. The Morgan fingerprint density at radius 3 is 2.40 bits per heavy atom. The molecule has 0 N–H and O–H groups in total. The van der Waals surface area contributed by atoms with Crippen LogP contribution in [0.2, 0.25) is 0 Å². The Labute approximate surface area is 120 Å². The maximum Gasteiger partial charge on any atom is 0.327 e. The van der Waals surface area contributed by atoms with Gasteiger partial charge >= 0.3 is 5.97 Å². The number of carbonyl (C=O) groups is 1. The Bertz CT molecular complexity index is 508. The summed E-state index contributed by atoms with van der Waals surface area (Å²) >= 11 is 0. The zero-order valence-electron chi connectivity index (χ0n) is 12.3. The average Bonchev–Trinajstić information content (AvgIpc) is 2.37. The standard InChI is InChI=1S/C17H21NO2/c1-5-11-17(13-18,15(19)20-16(2,3)4)12-14-9-7-6-8-10-14/h5-10H,1,11-12H2,2-4H3. The van der Waals surface area contributed by atoms with E-state index in [2.05, 4.69) is 12.6 Å². The highest BCUT2D eigenvalue weighted by Crippen LogP contribution is 2.30. The van der Waals surface area contributed by atoms with Crippen molar-refractivity contribution in [2.45, 2.75) is 39.2 Å². The van der Waals surface area contributed by atoms with E-state index in [9.17, 15) is 10.1 Å². The van der Waals surface area contributed by atoms with E-state index >= 15 is 0 Å². The number of allylic oxidation sites excluding steroid dienone is 1. The van der Waals surface area contributed by atoms with Crippen LogP contribution >= 0.6 is 0 Å². The summed E-state index contributed by atoms with van der Waals surface area (Å²) in [6.45, 7) is 9.04. The number of hydrogen-bond donors (Lipinski definition) is 0. The first-order valence-corrected chi connectivity index (χ1v) is 6.62. The van der Waals surface area contributed by atoms with Gasteiger partial charge in [-0.25, -0.2) is 0 Å². The fraction of sp³-hybridized carbons (Fsp3) is 0.412. The topological polar surface area (TPSA) is 50.1 Å². The van der Waals surface area contributed by atoms with Gasteiger partial charge in [0.2, 0.25) is 0 Å². The summed E-state index contributed by atoms with van der Waals surface area (Å²) in [7, 11) is 0. The molecule has 0 aliphatic heterocycles. The molecule has 0 heterocycles. The number of nitrogens with zero attached hydrogens (tertiary/aromatic N) is 1. The van der Waals surface area contributed by atoms with Gasteiger partial charge in [-0.15, -0.1) is 6.58 Å². The molecular formula is C17H21NO2. The zero-order chi connectivity index (χ0) is 15.2. The molecule has 0 saturated heterocycles. The summed E-state index contributed by atoms with van der Waals surface area (Å²) in [5.74, 6) is -0.490. The van der Waals surface area contributed by atoms with Crippen molar-refractivity contribution in [3.63, 3.8) is 0 Å². The highest BCUT2D eigenvalue weighted by Gasteiger charge is 2.41. The average molecular weight is 271 g/mol. The number of hydrogen-bond acceptors (Lipinski definition) is 3. The van der Waals surface area contributed by atoms with E-state index in [0.29, 0.717) is 6.42 Å². The second kappa shape index (κ2) is 6.38. The third kappa shape index (κ3) is 4.24. The van der Waals surface area contributed by atoms with Crippen LogP contribution < -0.4 is 0 Å². The molecule has 1 aromatic rings. The second-order valence-electron chi connectivity index (χ2n) is 5.85. The van der Waals surface area contributed by atoms with Gasteiger partial charge in [0.05, 0.1) is 6.07 Å². The third-order valence-corrected chi connectivity index (χ3v) is 2.85. The van der Waals surface area contributed by atoms with Gasteiger partial charge in [0.25, 0.3) is 0 Å². The molecule has 0 saturated carbocycles. The van der Waals surface area contributed by atoms with Crippen LogP contribution in [0.1, 0.15) is 32.8 Å². The predicted octanol–water partition coefficient (Wildman–Crippen LogP) is 3.66. The number of rotatable bonds is 5. The van der Waals surface area contributed by atoms with Gasteiger partial charge in [-0.2, -0.15) is 5.26 Å². The molecule has 0 fully saturated rings. The van der Waals surface area contributed by atoms with E-state index in [0.717, 1.165) is 5.56 Å². The van der Waals surface area contributed by atoms with E-state index in [-0.39, 0.29) is 6.42 Å². The van der Waals surface area contributed by atoms with Crippen molar-refractivity contribution in [2.75, 3.05) is 0 Å². The lowest BCUT2D eigenvalue weighted by Gasteiger charge is -2.28. The van der Waals surface area contributed by atoms with E-state index < -0.39 is 17.0 Å². The monoisotopic (exact) mass is 271 g/mol. The van der Waals surface area contributed by atoms with Gasteiger partial charge in [0.15, 0.2) is 5.41 Å². The van der Waals surface area contributed by atoms with E-state index in [1.807, 2.05) is 30.3 Å². The summed E-state index contributed by atoms with van der Waals surface area (Å²) in [6.07, 6.45) is 2.19. The molecule has 0 aliphatic carbocycles. The first kappa shape index (κ1) is 16.0. The lowest BCUT2D eigenvalue weighted by Crippen LogP contribution is -2.38. The fourth-order valence-electron chi connectivity index (χ4n) is 1.92. The minimum Gasteiger partial charge on any atom is -0.459 e. The summed E-state index contributed by atoms with van der Waals surface area (Å²) < 4.78 is 5.41. The molecule has 3 nitrogen and oxygen atoms in total. The number of carbonyl (C=O) groups excluding carboxylic acids is 1. The molecule has 1 unspecified atom stereocenters. The molecule has 3 heteroatoms. The Hall–Kier alpha value is -2.08. The van der Waals surface area contributed by atoms with E-state index in [1.54, 1.807) is 26.8 Å². The van der Waals surface area contributed by atoms with Crippen LogP contribution in [0, 0.1) is 16.7 Å². The van der Waals surface area contributed by atoms with Gasteiger partial charge < -0.3 is 4.74 Å². The second-order valence-corrected chi connectivity index (χ2v) is 5.85. The molecule has 0 aliphatic rings. The SMILES string of the molecule is C=CCC(C#N)(Cc1ccccc1)C(=O)OC(C)(C)C. The highest BCUT2D eigenvalue weighted by molar-refractivity contribution is 5.81. The Morgan fingerprint density at radius 2 is 1.95 bits per heavy atom. The molecule has 0 radical (unpaired) electrons. The largest absolute Gasteiger partial charge is 0.459 e. The van der Waals surface area contributed by atoms with Gasteiger partial charge in [-0.05, 0) is 32.8 Å². The number of benzene rings is 1. The van der Waals surface area contributed by atoms with Crippen molar-refractivity contribution in [1.82, 2.24) is 0 Å². The predicted molar refractivity (Wildman–Crippen MR) is 78.9 cm³/mol. The first-order chi connectivity index (χ1) is 9.33. The Morgan fingerprint density at radius 1 is 1.35 bits per heavy atom. The molecule has 1 aromatic carbocycles. The Balaban J connectivity index is 3.06. The normalized spacial score (nSPS) is 13.9. The first-order valence-electron chi connectivity index (χ1n) is 6.62. The summed E-state index contributed by atoms with van der Waals surface area (Å²) in [6, 6.07) is 11.6. The van der Waals surface area contributed by atoms with Crippen molar-refractivity contribution >= 4 is 5.97 Å². The molecular weight excluding hydrogens is 250 g/mol. The number of nitriles is 1. The third-order valence-electron chi connectivity index (χ3n) is 2.85. The van der Waals surface area contributed by atoms with Crippen molar-refractivity contribution in [2.24, 2.45) is 5.41 Å². The highest BCUT2D eigenvalue weighted by atomic mass is 16.6. The van der Waals surface area contributed by atoms with Gasteiger partial charge in [-0.1, -0.05) is 36.4 Å². The van der Waals surface area contributed by atoms with Gasteiger partial charge in [-0.3, -0.25) is 4.79 Å². The van der Waals surface area contributed by atoms with Crippen molar-refractivity contribution < 1.29 is 9.53 Å². The summed E-state index contributed by atoms with van der Waals surface area (Å²) in [5, 5.41) is 9.54. The molecule has 0 spiro atoms. The fourth-order valence-corrected chi connectivity index (χ4v) is 1.92. The lowest BCUT2D eigenvalue weighted by molar-refractivity contribution is -0.164. The lowest BCUT2D eigenvalue weighted by atomic mass is 9.80. The molecule has 106 valence electrons. The quantitative estimate of drug-likeness (QED) is 0.606. The van der Waals surface area contributed by atoms with Crippen LogP contribution in [0.4, 0.5) is 0 Å². The zero-order valence-corrected chi connectivity index (χ0v) is 12.3. The van der Waals surface area contributed by atoms with Crippen molar-refractivity contribution in [3.8, 4) is 6.07 Å². The maximum atomic E-state index is 12.4. The minimum atomic E-state index is -1.21. The Kier molecular flexibility index (Phi) is 5.10. The smallest absolute Gasteiger partial charge is 0.327 e. The molecule has 0 amide bonds. The minimum absolute atomic E-state index is 0.271. The summed E-state index contributed by atoms with van der Waals surface area (Å²) in [5.41, 5.74) is -0.894. The van der Waals surface area contributed by atoms with Gasteiger partial charge in [0.1, 0.15) is 5.60 Å². The van der Waals surface area contributed by atoms with Crippen LogP contribution in [-0.2, 0) is 16.0 Å². The van der Waals surface area contributed by atoms with Crippen LogP contribution in [-0.4, -0.2) is 11.6 Å². The molecule has 1 rings (SSSR count). The van der Waals surface area contributed by atoms with Crippen LogP contribution in [0.5, 0.6) is 0 Å². The van der Waals surface area contributed by atoms with E-state index in [1.165, 1.54) is 0 Å². The molecule has 0 bridgehead atoms. The number of ether oxygens (including phenoxy) is 1.